The molecule has 6 nitrogen and oxygen atoms in total. The highest BCUT2D eigenvalue weighted by molar-refractivity contribution is 6.00. The van der Waals surface area contributed by atoms with Gasteiger partial charge in [-0.25, -0.2) is 4.79 Å². The number of H-pyrrole nitrogens is 1. The maximum Gasteiger partial charge on any atom is 0.339 e. The molecule has 0 atom stereocenters. The first-order valence-corrected chi connectivity index (χ1v) is 9.06. The number of nitrogens with one attached hydrogen (secondary N) is 1. The van der Waals surface area contributed by atoms with Gasteiger partial charge >= 0.3 is 5.97 Å². The number of ether oxygens (including phenoxy) is 1. The summed E-state index contributed by atoms with van der Waals surface area (Å²) in [4.78, 5) is 29.9. The Hall–Kier alpha value is -2.50. The van der Waals surface area contributed by atoms with Crippen molar-refractivity contribution in [2.75, 3.05) is 20.2 Å². The number of nitrogens with zero attached hydrogens (tertiary/aromatic N) is 2. The molecular formula is C20H27N3O3. The van der Waals surface area contributed by atoms with Crippen LogP contribution in [0.4, 0.5) is 0 Å². The van der Waals surface area contributed by atoms with Crippen molar-refractivity contribution in [2.45, 2.75) is 46.6 Å². The number of rotatable bonds is 3. The number of carbonyl (C=O) groups is 2. The minimum Gasteiger partial charge on any atom is -0.465 e. The number of hydrogen-bond acceptors (Lipinski definition) is 3. The van der Waals surface area contributed by atoms with E-state index in [0.717, 1.165) is 12.8 Å². The van der Waals surface area contributed by atoms with E-state index < -0.39 is 5.97 Å². The standard InChI is InChI=1S/C20H27N3O3/c1-12-6-7-13(2)23(12)16-8-10-22(11-9-16)19(24)18-14(3)17(15(4)21-18)20(25)26-5/h6-7,16,21H,8-11H2,1-5H3. The molecule has 26 heavy (non-hydrogen) atoms. The number of hydrogen-bond donors (Lipinski definition) is 1. The molecule has 0 aliphatic carbocycles. The van der Waals surface area contributed by atoms with Crippen molar-refractivity contribution in [1.82, 2.24) is 14.5 Å². The highest BCUT2D eigenvalue weighted by Gasteiger charge is 2.29. The number of piperidine rings is 1. The van der Waals surface area contributed by atoms with Gasteiger partial charge in [0, 0.05) is 36.2 Å². The quantitative estimate of drug-likeness (QED) is 0.857. The first-order chi connectivity index (χ1) is 12.3. The summed E-state index contributed by atoms with van der Waals surface area (Å²) in [6.07, 6.45) is 1.87. The number of aromatic nitrogens is 2. The number of methoxy groups -OCH3 is 1. The molecule has 0 radical (unpaired) electrons. The number of aryl methyl sites for hydroxylation is 3. The Kier molecular flexibility index (Phi) is 4.94. The monoisotopic (exact) mass is 357 g/mol. The number of amides is 1. The zero-order chi connectivity index (χ0) is 19.0. The number of aromatic amines is 1. The van der Waals surface area contributed by atoms with Crippen molar-refractivity contribution in [2.24, 2.45) is 0 Å². The van der Waals surface area contributed by atoms with Crippen molar-refractivity contribution >= 4 is 11.9 Å². The van der Waals surface area contributed by atoms with E-state index in [4.69, 9.17) is 4.74 Å². The zero-order valence-corrected chi connectivity index (χ0v) is 16.2. The molecule has 0 spiro atoms. The maximum absolute atomic E-state index is 13.0. The van der Waals surface area contributed by atoms with Gasteiger partial charge in [-0.15, -0.1) is 0 Å². The van der Waals surface area contributed by atoms with Gasteiger partial charge in [0.15, 0.2) is 0 Å². The van der Waals surface area contributed by atoms with Crippen LogP contribution in [0.1, 0.15) is 62.4 Å². The Balaban J connectivity index is 1.74. The Bertz CT molecular complexity index is 819. The summed E-state index contributed by atoms with van der Waals surface area (Å²) in [5.41, 5.74) is 4.83. The molecule has 3 heterocycles. The van der Waals surface area contributed by atoms with Crippen molar-refractivity contribution in [3.8, 4) is 0 Å². The predicted octanol–water partition coefficient (Wildman–Crippen LogP) is 3.31. The van der Waals surface area contributed by atoms with Gasteiger partial charge in [-0.1, -0.05) is 0 Å². The predicted molar refractivity (Wildman–Crippen MR) is 99.7 cm³/mol. The van der Waals surface area contributed by atoms with Gasteiger partial charge < -0.3 is 19.2 Å². The largest absolute Gasteiger partial charge is 0.465 e. The van der Waals surface area contributed by atoms with Gasteiger partial charge in [0.2, 0.25) is 0 Å². The molecular weight excluding hydrogens is 330 g/mol. The second kappa shape index (κ2) is 7.02. The summed E-state index contributed by atoms with van der Waals surface area (Å²) >= 11 is 0. The topological polar surface area (TPSA) is 67.3 Å². The maximum atomic E-state index is 13.0. The molecule has 140 valence electrons. The Morgan fingerprint density at radius 3 is 2.19 bits per heavy atom. The molecule has 1 aliphatic heterocycles. The van der Waals surface area contributed by atoms with Crippen LogP contribution in [0.25, 0.3) is 0 Å². The lowest BCUT2D eigenvalue weighted by molar-refractivity contribution is 0.0599. The zero-order valence-electron chi connectivity index (χ0n) is 16.2. The van der Waals surface area contributed by atoms with Gasteiger partial charge in [0.25, 0.3) is 5.91 Å². The number of likely N-dealkylation sites (tertiary alicyclic amines) is 1. The first-order valence-electron chi connectivity index (χ1n) is 9.06. The Morgan fingerprint density at radius 1 is 1.08 bits per heavy atom. The molecule has 0 aromatic carbocycles. The lowest BCUT2D eigenvalue weighted by atomic mass is 10.0. The summed E-state index contributed by atoms with van der Waals surface area (Å²) < 4.78 is 7.20. The van der Waals surface area contributed by atoms with Crippen LogP contribution in [0.2, 0.25) is 0 Å². The van der Waals surface area contributed by atoms with Crippen LogP contribution in [0.5, 0.6) is 0 Å². The molecule has 2 aromatic heterocycles. The van der Waals surface area contributed by atoms with Gasteiger partial charge in [0.1, 0.15) is 5.69 Å². The van der Waals surface area contributed by atoms with Crippen LogP contribution >= 0.6 is 0 Å². The minimum absolute atomic E-state index is 0.0415. The molecule has 1 N–H and O–H groups in total. The van der Waals surface area contributed by atoms with Crippen LogP contribution in [-0.4, -0.2) is 46.5 Å². The van der Waals surface area contributed by atoms with Crippen LogP contribution in [0, 0.1) is 27.7 Å². The summed E-state index contributed by atoms with van der Waals surface area (Å²) in [6, 6.07) is 4.73. The summed E-state index contributed by atoms with van der Waals surface area (Å²) in [7, 11) is 1.35. The fourth-order valence-electron chi connectivity index (χ4n) is 4.11. The van der Waals surface area contributed by atoms with E-state index in [1.165, 1.54) is 18.5 Å². The SMILES string of the molecule is COC(=O)c1c(C)[nH]c(C(=O)N2CCC(n3c(C)ccc3C)CC2)c1C. The van der Waals surface area contributed by atoms with Gasteiger partial charge in [-0.05, 0) is 58.2 Å². The first kappa shape index (κ1) is 18.3. The van der Waals surface area contributed by atoms with E-state index in [2.05, 4.69) is 35.5 Å². The van der Waals surface area contributed by atoms with E-state index in [1.54, 1.807) is 13.8 Å². The van der Waals surface area contributed by atoms with Crippen molar-refractivity contribution < 1.29 is 14.3 Å². The third-order valence-electron chi connectivity index (χ3n) is 5.48. The van der Waals surface area contributed by atoms with Crippen LogP contribution in [-0.2, 0) is 4.74 Å². The van der Waals surface area contributed by atoms with Crippen LogP contribution in [0.15, 0.2) is 12.1 Å². The van der Waals surface area contributed by atoms with Crippen molar-refractivity contribution in [1.29, 1.82) is 0 Å². The molecule has 0 unspecified atom stereocenters. The normalized spacial score (nSPS) is 15.3. The summed E-state index contributed by atoms with van der Waals surface area (Å²) in [5, 5.41) is 0. The molecule has 0 bridgehead atoms. The average molecular weight is 357 g/mol. The fourth-order valence-corrected chi connectivity index (χ4v) is 4.11. The minimum atomic E-state index is -0.410. The van der Waals surface area contributed by atoms with E-state index >= 15 is 0 Å². The smallest absolute Gasteiger partial charge is 0.339 e. The van der Waals surface area contributed by atoms with Crippen LogP contribution in [0.3, 0.4) is 0 Å². The van der Waals surface area contributed by atoms with Crippen LogP contribution < -0.4 is 0 Å². The fraction of sp³-hybridized carbons (Fsp3) is 0.500. The molecule has 1 aliphatic rings. The molecule has 3 rings (SSSR count). The second-order valence-corrected chi connectivity index (χ2v) is 7.13. The highest BCUT2D eigenvalue weighted by Crippen LogP contribution is 2.28. The molecule has 2 aromatic rings. The van der Waals surface area contributed by atoms with E-state index in [-0.39, 0.29) is 5.91 Å². The van der Waals surface area contributed by atoms with E-state index in [1.807, 2.05) is 4.90 Å². The lowest BCUT2D eigenvalue weighted by Gasteiger charge is -2.34. The highest BCUT2D eigenvalue weighted by atomic mass is 16.5. The third kappa shape index (κ3) is 3.04. The average Bonchev–Trinajstić information content (AvgIpc) is 3.12. The van der Waals surface area contributed by atoms with Gasteiger partial charge in [0.05, 0.1) is 12.7 Å². The van der Waals surface area contributed by atoms with Gasteiger partial charge in [-0.3, -0.25) is 4.79 Å². The Labute approximate surface area is 154 Å². The van der Waals surface area contributed by atoms with Crippen molar-refractivity contribution in [3.63, 3.8) is 0 Å². The Morgan fingerprint density at radius 2 is 1.65 bits per heavy atom. The lowest BCUT2D eigenvalue weighted by Crippen LogP contribution is -2.39. The molecule has 6 heteroatoms. The van der Waals surface area contributed by atoms with Crippen molar-refractivity contribution in [3.05, 3.63) is 46.0 Å². The van der Waals surface area contributed by atoms with E-state index in [0.29, 0.717) is 41.6 Å². The second-order valence-electron chi connectivity index (χ2n) is 7.13. The molecule has 1 amide bonds. The number of carbonyl (C=O) groups excluding carboxylic acids is 2. The van der Waals surface area contributed by atoms with Gasteiger partial charge in [-0.2, -0.15) is 0 Å². The summed E-state index contributed by atoms with van der Waals surface area (Å²) in [6.45, 7) is 9.27. The van der Waals surface area contributed by atoms with E-state index in [9.17, 15) is 9.59 Å². The molecule has 1 saturated heterocycles. The molecule has 0 saturated carbocycles. The third-order valence-corrected chi connectivity index (χ3v) is 5.48. The number of esters is 1. The summed E-state index contributed by atoms with van der Waals surface area (Å²) in [5.74, 6) is -0.451. The molecule has 1 fully saturated rings.